The van der Waals surface area contributed by atoms with Crippen LogP contribution in [0.2, 0.25) is 0 Å². The smallest absolute Gasteiger partial charge is 0.179 e. The monoisotopic (exact) mass is 321 g/mol. The van der Waals surface area contributed by atoms with Gasteiger partial charge in [0.05, 0.1) is 5.69 Å². The second-order valence-electron chi connectivity index (χ2n) is 5.90. The molecular formula is C21H19NO2. The molecule has 1 aliphatic rings. The summed E-state index contributed by atoms with van der Waals surface area (Å²) in [5.41, 5.74) is 1.70. The Morgan fingerprint density at radius 1 is 1.00 bits per heavy atom. The molecule has 0 fully saturated rings. The standard InChI is InChI=1S/C21H19NO2/c1-13(2)16-11-17(22-12-14(16)3)15-7-6-10-20-21(15)24-19-9-5-4-8-18(19)23-20/h4-13H,1-3H3/i3D3,13D. The highest BCUT2D eigenvalue weighted by atomic mass is 16.6. The molecule has 0 unspecified atom stereocenters. The maximum Gasteiger partial charge on any atom is 0.179 e. The molecule has 3 aromatic rings. The van der Waals surface area contributed by atoms with Crippen molar-refractivity contribution in [3.63, 3.8) is 0 Å². The number of aromatic nitrogens is 1. The van der Waals surface area contributed by atoms with Gasteiger partial charge in [-0.3, -0.25) is 4.98 Å². The molecule has 0 saturated heterocycles. The highest BCUT2D eigenvalue weighted by Crippen LogP contribution is 2.49. The highest BCUT2D eigenvalue weighted by Gasteiger charge is 2.22. The summed E-state index contributed by atoms with van der Waals surface area (Å²) in [6.07, 6.45) is 1.34. The van der Waals surface area contributed by atoms with Crippen molar-refractivity contribution in [1.29, 1.82) is 0 Å². The minimum Gasteiger partial charge on any atom is -0.449 e. The predicted molar refractivity (Wildman–Crippen MR) is 95.1 cm³/mol. The van der Waals surface area contributed by atoms with E-state index in [1.54, 1.807) is 26.0 Å². The molecule has 1 aliphatic heterocycles. The first-order chi connectivity index (χ1) is 13.1. The first kappa shape index (κ1) is 10.9. The molecule has 24 heavy (non-hydrogen) atoms. The van der Waals surface area contributed by atoms with Gasteiger partial charge in [0.1, 0.15) is 0 Å². The van der Waals surface area contributed by atoms with E-state index in [0.717, 1.165) is 0 Å². The van der Waals surface area contributed by atoms with Gasteiger partial charge in [-0.15, -0.1) is 0 Å². The van der Waals surface area contributed by atoms with E-state index in [0.29, 0.717) is 39.8 Å². The van der Waals surface area contributed by atoms with Crippen LogP contribution in [-0.4, -0.2) is 4.98 Å². The second kappa shape index (κ2) is 5.68. The molecule has 120 valence electrons. The van der Waals surface area contributed by atoms with Crippen LogP contribution in [0.25, 0.3) is 11.3 Å². The Kier molecular flexibility index (Phi) is 2.57. The van der Waals surface area contributed by atoms with Crippen LogP contribution in [0.4, 0.5) is 0 Å². The summed E-state index contributed by atoms with van der Waals surface area (Å²) >= 11 is 0. The van der Waals surface area contributed by atoms with Gasteiger partial charge in [0.2, 0.25) is 0 Å². The minimum absolute atomic E-state index is 0.0866. The number of pyridine rings is 1. The van der Waals surface area contributed by atoms with Crippen molar-refractivity contribution >= 4 is 0 Å². The van der Waals surface area contributed by atoms with Crippen molar-refractivity contribution in [3.8, 4) is 34.3 Å². The van der Waals surface area contributed by atoms with E-state index in [1.807, 2.05) is 36.4 Å². The van der Waals surface area contributed by atoms with Gasteiger partial charge in [0, 0.05) is 17.2 Å². The van der Waals surface area contributed by atoms with Crippen molar-refractivity contribution in [1.82, 2.24) is 4.98 Å². The third kappa shape index (κ3) is 2.42. The van der Waals surface area contributed by atoms with Gasteiger partial charge in [-0.05, 0) is 54.2 Å². The molecule has 3 nitrogen and oxygen atoms in total. The number of rotatable bonds is 2. The summed E-state index contributed by atoms with van der Waals surface area (Å²) in [7, 11) is 0. The fraction of sp³-hybridized carbons (Fsp3) is 0.190. The van der Waals surface area contributed by atoms with Gasteiger partial charge in [0.25, 0.3) is 0 Å². The van der Waals surface area contributed by atoms with Crippen molar-refractivity contribution in [3.05, 3.63) is 65.9 Å². The van der Waals surface area contributed by atoms with E-state index in [2.05, 4.69) is 4.98 Å². The number of hydrogen-bond acceptors (Lipinski definition) is 3. The van der Waals surface area contributed by atoms with Crippen LogP contribution in [0.5, 0.6) is 23.0 Å². The summed E-state index contributed by atoms with van der Waals surface area (Å²) in [5, 5.41) is 0. The lowest BCUT2D eigenvalue weighted by molar-refractivity contribution is 0.360. The summed E-state index contributed by atoms with van der Waals surface area (Å²) in [5.74, 6) is 1.21. The predicted octanol–water partition coefficient (Wildman–Crippen LogP) is 6.08. The molecule has 0 amide bonds. The SMILES string of the molecule is [2H]C([2H])([2H])c1cnc(-c2cccc3c2Oc2ccccc2O3)cc1C([2H])(C)C. The zero-order valence-corrected chi connectivity index (χ0v) is 13.5. The maximum absolute atomic E-state index is 8.40. The van der Waals surface area contributed by atoms with E-state index < -0.39 is 12.7 Å². The Morgan fingerprint density at radius 3 is 2.50 bits per heavy atom. The Morgan fingerprint density at radius 2 is 1.75 bits per heavy atom. The molecule has 3 heteroatoms. The first-order valence-electron chi connectivity index (χ1n) is 9.74. The largest absolute Gasteiger partial charge is 0.449 e. The molecule has 0 bridgehead atoms. The van der Waals surface area contributed by atoms with Gasteiger partial charge in [-0.25, -0.2) is 0 Å². The quantitative estimate of drug-likeness (QED) is 0.448. The van der Waals surface area contributed by atoms with Gasteiger partial charge in [-0.2, -0.15) is 0 Å². The van der Waals surface area contributed by atoms with Gasteiger partial charge in [0.15, 0.2) is 23.0 Å². The minimum atomic E-state index is -2.34. The molecule has 1 aromatic heterocycles. The van der Waals surface area contributed by atoms with E-state index in [-0.39, 0.29) is 5.56 Å². The van der Waals surface area contributed by atoms with E-state index in [1.165, 1.54) is 6.20 Å². The van der Waals surface area contributed by atoms with E-state index in [9.17, 15) is 0 Å². The number of nitrogens with zero attached hydrogens (tertiary/aromatic N) is 1. The molecule has 0 spiro atoms. The van der Waals surface area contributed by atoms with Crippen molar-refractivity contribution in [2.75, 3.05) is 0 Å². The number of hydrogen-bond donors (Lipinski definition) is 0. The van der Waals surface area contributed by atoms with Crippen LogP contribution in [0.1, 0.15) is 36.4 Å². The lowest BCUT2D eigenvalue weighted by Crippen LogP contribution is -2.01. The van der Waals surface area contributed by atoms with Crippen molar-refractivity contribution < 1.29 is 15.0 Å². The third-order valence-electron chi connectivity index (χ3n) is 3.98. The summed E-state index contributed by atoms with van der Waals surface area (Å²) in [4.78, 5) is 4.37. The van der Waals surface area contributed by atoms with Crippen LogP contribution in [0, 0.1) is 6.85 Å². The molecule has 0 atom stereocenters. The molecular weight excluding hydrogens is 298 g/mol. The molecule has 0 N–H and O–H groups in total. The number of aryl methyl sites for hydroxylation is 1. The molecule has 0 aliphatic carbocycles. The van der Waals surface area contributed by atoms with Gasteiger partial charge >= 0.3 is 0 Å². The lowest BCUT2D eigenvalue weighted by Gasteiger charge is -2.22. The average molecular weight is 321 g/mol. The van der Waals surface area contributed by atoms with Crippen LogP contribution in [0.15, 0.2) is 54.7 Å². The number of fused-ring (bicyclic) bond motifs is 2. The topological polar surface area (TPSA) is 31.4 Å². The molecule has 2 heterocycles. The zero-order chi connectivity index (χ0) is 20.1. The highest BCUT2D eigenvalue weighted by molar-refractivity contribution is 5.74. The summed E-state index contributed by atoms with van der Waals surface area (Å²) < 4.78 is 43.7. The average Bonchev–Trinajstić information content (AvgIpc) is 2.64. The number of para-hydroxylation sites is 3. The Labute approximate surface area is 147 Å². The molecule has 4 rings (SSSR count). The zero-order valence-electron chi connectivity index (χ0n) is 17.5. The van der Waals surface area contributed by atoms with Gasteiger partial charge < -0.3 is 9.47 Å². The molecule has 0 saturated carbocycles. The van der Waals surface area contributed by atoms with Crippen molar-refractivity contribution in [2.24, 2.45) is 0 Å². The fourth-order valence-electron chi connectivity index (χ4n) is 2.77. The van der Waals surface area contributed by atoms with E-state index in [4.69, 9.17) is 15.0 Å². The second-order valence-corrected chi connectivity index (χ2v) is 5.90. The number of ether oxygens (including phenoxy) is 2. The molecule has 2 aromatic carbocycles. The van der Waals surface area contributed by atoms with Crippen LogP contribution < -0.4 is 9.47 Å². The normalized spacial score (nSPS) is 15.6. The van der Waals surface area contributed by atoms with Crippen LogP contribution in [-0.2, 0) is 0 Å². The lowest BCUT2D eigenvalue weighted by atomic mass is 9.97. The van der Waals surface area contributed by atoms with Gasteiger partial charge in [-0.1, -0.05) is 32.0 Å². The third-order valence-corrected chi connectivity index (χ3v) is 3.98. The Balaban J connectivity index is 1.86. The first-order valence-corrected chi connectivity index (χ1v) is 7.74. The number of benzene rings is 2. The van der Waals surface area contributed by atoms with Crippen LogP contribution in [0.3, 0.4) is 0 Å². The summed E-state index contributed by atoms with van der Waals surface area (Å²) in [6, 6.07) is 14.5. The van der Waals surface area contributed by atoms with Crippen molar-refractivity contribution in [2.45, 2.75) is 26.6 Å². The Hall–Kier alpha value is -2.81. The fourth-order valence-corrected chi connectivity index (χ4v) is 2.77. The molecule has 0 radical (unpaired) electrons. The van der Waals surface area contributed by atoms with Crippen LogP contribution >= 0.6 is 0 Å². The maximum atomic E-state index is 8.40. The van der Waals surface area contributed by atoms with E-state index >= 15 is 0 Å². The summed E-state index contributed by atoms with van der Waals surface area (Å²) in [6.45, 7) is 0.989. The Bertz CT molecular complexity index is 1060.